The number of hydrogen-bond donors (Lipinski definition) is 0. The molecule has 126 valence electrons. The Morgan fingerprint density at radius 3 is 1.90 bits per heavy atom. The first-order valence-electron chi connectivity index (χ1n) is 7.69. The highest BCUT2D eigenvalue weighted by Gasteiger charge is 2.00. The van der Waals surface area contributed by atoms with Gasteiger partial charge in [-0.05, 0) is 19.8 Å². The topological polar surface area (TPSA) is 63.2 Å². The SMILES string of the molecule is CCOC(=O)CCCCCOCCOCCOCCOC. The molecule has 0 spiro atoms. The van der Waals surface area contributed by atoms with Crippen LogP contribution in [0.15, 0.2) is 0 Å². The van der Waals surface area contributed by atoms with E-state index in [2.05, 4.69) is 0 Å². The van der Waals surface area contributed by atoms with Gasteiger partial charge in [-0.15, -0.1) is 0 Å². The third-order valence-electron chi connectivity index (χ3n) is 2.65. The number of methoxy groups -OCH3 is 1. The van der Waals surface area contributed by atoms with Crippen molar-refractivity contribution in [1.82, 2.24) is 0 Å². The molecule has 6 nitrogen and oxygen atoms in total. The molecule has 0 aliphatic rings. The fourth-order valence-corrected chi connectivity index (χ4v) is 1.57. The number of ether oxygens (including phenoxy) is 5. The monoisotopic (exact) mass is 306 g/mol. The zero-order valence-corrected chi connectivity index (χ0v) is 13.4. The minimum Gasteiger partial charge on any atom is -0.466 e. The van der Waals surface area contributed by atoms with Gasteiger partial charge in [-0.2, -0.15) is 0 Å². The van der Waals surface area contributed by atoms with Crippen molar-refractivity contribution in [3.63, 3.8) is 0 Å². The second-order valence-electron chi connectivity index (χ2n) is 4.45. The highest BCUT2D eigenvalue weighted by Crippen LogP contribution is 2.01. The zero-order chi connectivity index (χ0) is 15.6. The van der Waals surface area contributed by atoms with Crippen LogP contribution in [0.4, 0.5) is 0 Å². The van der Waals surface area contributed by atoms with E-state index in [1.807, 2.05) is 6.92 Å². The minimum absolute atomic E-state index is 0.112. The summed E-state index contributed by atoms with van der Waals surface area (Å²) in [4.78, 5) is 11.1. The normalized spacial score (nSPS) is 10.8. The molecule has 0 rings (SSSR count). The lowest BCUT2D eigenvalue weighted by molar-refractivity contribution is -0.143. The van der Waals surface area contributed by atoms with Crippen LogP contribution in [0.1, 0.15) is 32.6 Å². The van der Waals surface area contributed by atoms with Crippen molar-refractivity contribution in [2.75, 3.05) is 60.0 Å². The maximum atomic E-state index is 11.1. The van der Waals surface area contributed by atoms with Gasteiger partial charge < -0.3 is 23.7 Å². The van der Waals surface area contributed by atoms with E-state index in [1.165, 1.54) is 0 Å². The van der Waals surface area contributed by atoms with Crippen molar-refractivity contribution >= 4 is 5.97 Å². The van der Waals surface area contributed by atoms with Gasteiger partial charge in [0.25, 0.3) is 0 Å². The van der Waals surface area contributed by atoms with Gasteiger partial charge in [-0.1, -0.05) is 6.42 Å². The Labute approximate surface area is 128 Å². The summed E-state index contributed by atoms with van der Waals surface area (Å²) in [5.74, 6) is -0.112. The largest absolute Gasteiger partial charge is 0.466 e. The van der Waals surface area contributed by atoms with E-state index in [-0.39, 0.29) is 5.97 Å². The van der Waals surface area contributed by atoms with Crippen LogP contribution in [-0.4, -0.2) is 65.9 Å². The van der Waals surface area contributed by atoms with Crippen LogP contribution in [0.2, 0.25) is 0 Å². The molecule has 0 saturated heterocycles. The highest BCUT2D eigenvalue weighted by molar-refractivity contribution is 5.69. The summed E-state index contributed by atoms with van der Waals surface area (Å²) in [7, 11) is 1.65. The summed E-state index contributed by atoms with van der Waals surface area (Å²) in [6.45, 7) is 6.52. The number of rotatable bonds is 16. The molecule has 21 heavy (non-hydrogen) atoms. The Morgan fingerprint density at radius 1 is 0.762 bits per heavy atom. The van der Waals surface area contributed by atoms with Crippen LogP contribution in [-0.2, 0) is 28.5 Å². The smallest absolute Gasteiger partial charge is 0.305 e. The quantitative estimate of drug-likeness (QED) is 0.320. The van der Waals surface area contributed by atoms with E-state index in [1.54, 1.807) is 7.11 Å². The first kappa shape index (κ1) is 20.3. The minimum atomic E-state index is -0.112. The van der Waals surface area contributed by atoms with Crippen molar-refractivity contribution in [2.45, 2.75) is 32.6 Å². The number of hydrogen-bond acceptors (Lipinski definition) is 6. The molecule has 0 bridgehead atoms. The van der Waals surface area contributed by atoms with E-state index in [0.717, 1.165) is 19.3 Å². The third-order valence-corrected chi connectivity index (χ3v) is 2.65. The summed E-state index contributed by atoms with van der Waals surface area (Å²) < 4.78 is 25.7. The third kappa shape index (κ3) is 17.3. The van der Waals surface area contributed by atoms with Crippen molar-refractivity contribution in [2.24, 2.45) is 0 Å². The number of carbonyl (C=O) groups is 1. The highest BCUT2D eigenvalue weighted by atomic mass is 16.6. The fourth-order valence-electron chi connectivity index (χ4n) is 1.57. The lowest BCUT2D eigenvalue weighted by atomic mass is 10.2. The van der Waals surface area contributed by atoms with Crippen molar-refractivity contribution in [3.8, 4) is 0 Å². The second-order valence-corrected chi connectivity index (χ2v) is 4.45. The Morgan fingerprint density at radius 2 is 1.33 bits per heavy atom. The summed E-state index contributed by atoms with van der Waals surface area (Å²) in [5.41, 5.74) is 0. The Bertz CT molecular complexity index is 222. The summed E-state index contributed by atoms with van der Waals surface area (Å²) in [6.07, 6.45) is 3.30. The van der Waals surface area contributed by atoms with Crippen LogP contribution in [0.5, 0.6) is 0 Å². The molecule has 0 amide bonds. The Kier molecular flexibility index (Phi) is 16.8. The van der Waals surface area contributed by atoms with E-state index in [9.17, 15) is 4.79 Å². The molecule has 0 aromatic carbocycles. The van der Waals surface area contributed by atoms with Gasteiger partial charge in [0.05, 0.1) is 46.2 Å². The van der Waals surface area contributed by atoms with Crippen molar-refractivity contribution < 1.29 is 28.5 Å². The average Bonchev–Trinajstić information content (AvgIpc) is 2.48. The molecule has 0 unspecified atom stereocenters. The molecule has 0 atom stereocenters. The lowest BCUT2D eigenvalue weighted by Crippen LogP contribution is -2.11. The molecule has 0 saturated carbocycles. The van der Waals surface area contributed by atoms with Gasteiger partial charge in [-0.25, -0.2) is 0 Å². The summed E-state index contributed by atoms with van der Waals surface area (Å²) >= 11 is 0. The standard InChI is InChI=1S/C15H30O6/c1-3-21-15(16)7-5-4-6-8-18-11-12-20-14-13-19-10-9-17-2/h3-14H2,1-2H3. The number of carbonyl (C=O) groups excluding carboxylic acids is 1. The summed E-state index contributed by atoms with van der Waals surface area (Å²) in [6, 6.07) is 0. The maximum absolute atomic E-state index is 11.1. The molecule has 0 fully saturated rings. The zero-order valence-electron chi connectivity index (χ0n) is 13.4. The van der Waals surface area contributed by atoms with Crippen LogP contribution < -0.4 is 0 Å². The molecule has 0 aliphatic heterocycles. The van der Waals surface area contributed by atoms with Crippen molar-refractivity contribution in [3.05, 3.63) is 0 Å². The van der Waals surface area contributed by atoms with Gasteiger partial charge in [-0.3, -0.25) is 4.79 Å². The van der Waals surface area contributed by atoms with Crippen molar-refractivity contribution in [1.29, 1.82) is 0 Å². The molecule has 0 aromatic heterocycles. The molecular formula is C15H30O6. The molecule has 0 aliphatic carbocycles. The Balaban J connectivity index is 3.01. The van der Waals surface area contributed by atoms with Crippen LogP contribution in [0, 0.1) is 0 Å². The van der Waals surface area contributed by atoms with Gasteiger partial charge >= 0.3 is 5.97 Å². The molecule has 0 radical (unpaired) electrons. The molecule has 0 heterocycles. The number of esters is 1. The number of unbranched alkanes of at least 4 members (excludes halogenated alkanes) is 2. The Hall–Kier alpha value is -0.690. The molecular weight excluding hydrogens is 276 g/mol. The summed E-state index contributed by atoms with van der Waals surface area (Å²) in [5, 5.41) is 0. The second kappa shape index (κ2) is 17.4. The van der Waals surface area contributed by atoms with Crippen LogP contribution in [0.3, 0.4) is 0 Å². The van der Waals surface area contributed by atoms with Gasteiger partial charge in [0.2, 0.25) is 0 Å². The first-order valence-corrected chi connectivity index (χ1v) is 7.69. The molecule has 0 N–H and O–H groups in total. The van der Waals surface area contributed by atoms with Gasteiger partial charge in [0.1, 0.15) is 0 Å². The van der Waals surface area contributed by atoms with E-state index in [0.29, 0.717) is 59.3 Å². The first-order chi connectivity index (χ1) is 10.3. The molecule has 0 aromatic rings. The van der Waals surface area contributed by atoms with E-state index >= 15 is 0 Å². The average molecular weight is 306 g/mol. The van der Waals surface area contributed by atoms with E-state index in [4.69, 9.17) is 23.7 Å². The van der Waals surface area contributed by atoms with Crippen LogP contribution in [0.25, 0.3) is 0 Å². The van der Waals surface area contributed by atoms with Gasteiger partial charge in [0.15, 0.2) is 0 Å². The lowest BCUT2D eigenvalue weighted by Gasteiger charge is -2.06. The maximum Gasteiger partial charge on any atom is 0.305 e. The van der Waals surface area contributed by atoms with E-state index < -0.39 is 0 Å². The predicted molar refractivity (Wildman–Crippen MR) is 79.4 cm³/mol. The predicted octanol–water partition coefficient (Wildman–Crippen LogP) is 1.81. The molecule has 6 heteroatoms. The van der Waals surface area contributed by atoms with Crippen LogP contribution >= 0.6 is 0 Å². The van der Waals surface area contributed by atoms with Gasteiger partial charge in [0, 0.05) is 20.1 Å². The fraction of sp³-hybridized carbons (Fsp3) is 0.933.